The van der Waals surface area contributed by atoms with Crippen molar-refractivity contribution in [1.29, 1.82) is 0 Å². The lowest BCUT2D eigenvalue weighted by Gasteiger charge is -2.10. The van der Waals surface area contributed by atoms with E-state index in [0.717, 1.165) is 10.0 Å². The van der Waals surface area contributed by atoms with Crippen molar-refractivity contribution in [2.24, 2.45) is 0 Å². The molecule has 0 saturated heterocycles. The summed E-state index contributed by atoms with van der Waals surface area (Å²) in [5.41, 5.74) is 6.88. The minimum atomic E-state index is -3.46. The number of nitrogens with two attached hydrogens (primary N) is 1. The van der Waals surface area contributed by atoms with Crippen molar-refractivity contribution in [3.05, 3.63) is 52.5 Å². The Morgan fingerprint density at radius 3 is 2.67 bits per heavy atom. The van der Waals surface area contributed by atoms with Crippen LogP contribution in [0.3, 0.4) is 0 Å². The van der Waals surface area contributed by atoms with Crippen molar-refractivity contribution < 1.29 is 13.2 Å². The lowest BCUT2D eigenvalue weighted by Crippen LogP contribution is -2.15. The van der Waals surface area contributed by atoms with E-state index >= 15 is 0 Å². The Labute approximate surface area is 133 Å². The van der Waals surface area contributed by atoms with Crippen LogP contribution in [-0.4, -0.2) is 20.8 Å². The average molecular weight is 370 g/mol. The quantitative estimate of drug-likeness (QED) is 0.821. The van der Waals surface area contributed by atoms with Crippen LogP contribution in [0.2, 0.25) is 0 Å². The zero-order chi connectivity index (χ0) is 15.5. The van der Waals surface area contributed by atoms with E-state index in [9.17, 15) is 8.42 Å². The molecular weight excluding hydrogens is 354 g/mol. The lowest BCUT2D eigenvalue weighted by atomic mass is 10.2. The van der Waals surface area contributed by atoms with Crippen LogP contribution >= 0.6 is 15.9 Å². The second-order valence-electron chi connectivity index (χ2n) is 4.67. The van der Waals surface area contributed by atoms with Gasteiger partial charge in [0, 0.05) is 4.47 Å². The highest BCUT2D eigenvalue weighted by molar-refractivity contribution is 9.10. The molecule has 2 rings (SSSR count). The average Bonchev–Trinajstić information content (AvgIpc) is 2.41. The molecule has 112 valence electrons. The van der Waals surface area contributed by atoms with Gasteiger partial charge >= 0.3 is 0 Å². The third kappa shape index (κ3) is 4.22. The molecule has 0 bridgehead atoms. The molecule has 0 saturated carbocycles. The molecular formula is C15H16BrNO3S. The molecule has 0 unspecified atom stereocenters. The van der Waals surface area contributed by atoms with Gasteiger partial charge in [0.25, 0.3) is 0 Å². The number of ether oxygens (including phenoxy) is 1. The Kier molecular flexibility index (Phi) is 4.90. The largest absolute Gasteiger partial charge is 0.492 e. The number of halogens is 1. The molecule has 0 aliphatic rings. The molecule has 0 heterocycles. The van der Waals surface area contributed by atoms with E-state index in [1.54, 1.807) is 30.3 Å². The molecule has 0 spiro atoms. The van der Waals surface area contributed by atoms with E-state index in [-0.39, 0.29) is 22.9 Å². The Bertz CT molecular complexity index is 744. The van der Waals surface area contributed by atoms with E-state index in [2.05, 4.69) is 15.9 Å². The maximum atomic E-state index is 12.3. The van der Waals surface area contributed by atoms with E-state index in [1.165, 1.54) is 0 Å². The van der Waals surface area contributed by atoms with Gasteiger partial charge in [0.2, 0.25) is 0 Å². The zero-order valence-corrected chi connectivity index (χ0v) is 13.9. The first kappa shape index (κ1) is 15.9. The van der Waals surface area contributed by atoms with E-state index in [1.807, 2.05) is 19.1 Å². The molecule has 4 nitrogen and oxygen atoms in total. The van der Waals surface area contributed by atoms with Gasteiger partial charge in [0.1, 0.15) is 12.4 Å². The van der Waals surface area contributed by atoms with Gasteiger partial charge < -0.3 is 10.5 Å². The Morgan fingerprint density at radius 1 is 1.19 bits per heavy atom. The van der Waals surface area contributed by atoms with Gasteiger partial charge in [-0.3, -0.25) is 0 Å². The molecule has 2 aromatic rings. The topological polar surface area (TPSA) is 69.4 Å². The number of benzene rings is 2. The van der Waals surface area contributed by atoms with Crippen LogP contribution in [0.5, 0.6) is 5.75 Å². The van der Waals surface area contributed by atoms with Gasteiger partial charge in [0.05, 0.1) is 16.3 Å². The van der Waals surface area contributed by atoms with Crippen LogP contribution in [0.15, 0.2) is 51.8 Å². The summed E-state index contributed by atoms with van der Waals surface area (Å²) in [5, 5.41) is 0. The van der Waals surface area contributed by atoms with Gasteiger partial charge in [-0.25, -0.2) is 8.42 Å². The highest BCUT2D eigenvalue weighted by Crippen LogP contribution is 2.22. The number of hydrogen-bond acceptors (Lipinski definition) is 4. The molecule has 0 atom stereocenters. The monoisotopic (exact) mass is 369 g/mol. The van der Waals surface area contributed by atoms with Crippen LogP contribution in [0, 0.1) is 6.92 Å². The first-order valence-electron chi connectivity index (χ1n) is 6.36. The number of aryl methyl sites for hydroxylation is 1. The fourth-order valence-corrected chi connectivity index (χ4v) is 3.54. The third-order valence-corrected chi connectivity index (χ3v) is 5.14. The highest BCUT2D eigenvalue weighted by Gasteiger charge is 2.18. The molecule has 2 N–H and O–H groups in total. The van der Waals surface area contributed by atoms with Crippen LogP contribution in [0.25, 0.3) is 0 Å². The molecule has 0 aliphatic heterocycles. The third-order valence-electron chi connectivity index (χ3n) is 2.92. The van der Waals surface area contributed by atoms with E-state index in [0.29, 0.717) is 5.75 Å². The summed E-state index contributed by atoms with van der Waals surface area (Å²) >= 11 is 3.33. The first-order chi connectivity index (χ1) is 9.88. The van der Waals surface area contributed by atoms with Crippen molar-refractivity contribution >= 4 is 31.5 Å². The summed E-state index contributed by atoms with van der Waals surface area (Å²) in [4.78, 5) is 0.167. The predicted molar refractivity (Wildman–Crippen MR) is 87.3 cm³/mol. The fourth-order valence-electron chi connectivity index (χ4n) is 1.85. The minimum Gasteiger partial charge on any atom is -0.492 e. The van der Waals surface area contributed by atoms with Crippen molar-refractivity contribution in [3.8, 4) is 5.75 Å². The smallest absolute Gasteiger partial charge is 0.183 e. The van der Waals surface area contributed by atoms with Crippen LogP contribution in [0.1, 0.15) is 5.56 Å². The van der Waals surface area contributed by atoms with Crippen LogP contribution < -0.4 is 10.5 Å². The van der Waals surface area contributed by atoms with Gasteiger partial charge in [-0.15, -0.1) is 0 Å². The van der Waals surface area contributed by atoms with E-state index < -0.39 is 9.84 Å². The maximum Gasteiger partial charge on any atom is 0.183 e. The van der Waals surface area contributed by atoms with Crippen LogP contribution in [-0.2, 0) is 9.84 Å². The molecule has 0 fully saturated rings. The number of nitrogen functional groups attached to an aromatic ring is 1. The SMILES string of the molecule is Cc1ccc(N)c(S(=O)(=O)CCOc2cccc(Br)c2)c1. The molecule has 0 aromatic heterocycles. The normalized spacial score (nSPS) is 11.3. The molecule has 2 aromatic carbocycles. The maximum absolute atomic E-state index is 12.3. The van der Waals surface area contributed by atoms with Crippen molar-refractivity contribution in [1.82, 2.24) is 0 Å². The van der Waals surface area contributed by atoms with Crippen molar-refractivity contribution in [2.75, 3.05) is 18.1 Å². The number of sulfone groups is 1. The zero-order valence-electron chi connectivity index (χ0n) is 11.5. The lowest BCUT2D eigenvalue weighted by molar-refractivity contribution is 0.340. The number of hydrogen-bond donors (Lipinski definition) is 1. The summed E-state index contributed by atoms with van der Waals surface area (Å²) in [6.45, 7) is 1.91. The van der Waals surface area contributed by atoms with Crippen LogP contribution in [0.4, 0.5) is 5.69 Å². The molecule has 6 heteroatoms. The molecule has 21 heavy (non-hydrogen) atoms. The Balaban J connectivity index is 2.06. The van der Waals surface area contributed by atoms with Crippen molar-refractivity contribution in [3.63, 3.8) is 0 Å². The second kappa shape index (κ2) is 6.49. The standard InChI is InChI=1S/C15H16BrNO3S/c1-11-5-6-14(17)15(9-11)21(18,19)8-7-20-13-4-2-3-12(16)10-13/h2-6,9-10H,7-8,17H2,1H3. The number of rotatable bonds is 5. The van der Waals surface area contributed by atoms with Gasteiger partial charge in [0.15, 0.2) is 9.84 Å². The second-order valence-corrected chi connectivity index (χ2v) is 7.66. The fraction of sp³-hybridized carbons (Fsp3) is 0.200. The Morgan fingerprint density at radius 2 is 1.95 bits per heavy atom. The predicted octanol–water partition coefficient (Wildman–Crippen LogP) is 3.19. The summed E-state index contributed by atoms with van der Waals surface area (Å²) in [6.07, 6.45) is 0. The number of anilines is 1. The summed E-state index contributed by atoms with van der Waals surface area (Å²) < 4.78 is 30.9. The minimum absolute atomic E-state index is 0.0756. The summed E-state index contributed by atoms with van der Waals surface area (Å²) in [5.74, 6) is 0.504. The van der Waals surface area contributed by atoms with Gasteiger partial charge in [-0.05, 0) is 42.8 Å². The van der Waals surface area contributed by atoms with E-state index in [4.69, 9.17) is 10.5 Å². The van der Waals surface area contributed by atoms with Crippen molar-refractivity contribution in [2.45, 2.75) is 11.8 Å². The molecule has 0 radical (unpaired) electrons. The molecule has 0 aliphatic carbocycles. The van der Waals surface area contributed by atoms with Gasteiger partial charge in [-0.1, -0.05) is 28.1 Å². The van der Waals surface area contributed by atoms with Gasteiger partial charge in [-0.2, -0.15) is 0 Å². The molecule has 0 amide bonds. The summed E-state index contributed by atoms with van der Waals surface area (Å²) in [6, 6.07) is 12.2. The first-order valence-corrected chi connectivity index (χ1v) is 8.80. The highest BCUT2D eigenvalue weighted by atomic mass is 79.9. The Hall–Kier alpha value is -1.53. The summed E-state index contributed by atoms with van der Waals surface area (Å²) in [7, 11) is -3.46.